The lowest BCUT2D eigenvalue weighted by Crippen LogP contribution is -2.22. The van der Waals surface area contributed by atoms with Gasteiger partial charge in [-0.05, 0) is 27.7 Å². The molecule has 0 atom stereocenters. The zero-order valence-corrected chi connectivity index (χ0v) is 16.3. The van der Waals surface area contributed by atoms with E-state index >= 15 is 0 Å². The standard InChI is InChI=1S/C17H27NO6.CH4O/c1-5-21-16(19)7-9-23-14-11-15(13(4)18-12(14)3)24-10-8-17(20)22-6-2;1-2/h18H,5-11H2,1-4H3;2H,1H3. The van der Waals surface area contributed by atoms with Crippen LogP contribution in [0.1, 0.15) is 47.0 Å². The van der Waals surface area contributed by atoms with Crippen LogP contribution in [-0.2, 0) is 28.5 Å². The van der Waals surface area contributed by atoms with Gasteiger partial charge in [0.25, 0.3) is 0 Å². The Balaban J connectivity index is 0.00000301. The fraction of sp³-hybridized carbons (Fsp3) is 0.667. The third-order valence-corrected chi connectivity index (χ3v) is 3.31. The van der Waals surface area contributed by atoms with Crippen LogP contribution in [0.15, 0.2) is 22.9 Å². The topological polar surface area (TPSA) is 103 Å². The number of esters is 2. The van der Waals surface area contributed by atoms with Gasteiger partial charge in [0, 0.05) is 7.11 Å². The number of dihydropyridines is 1. The SMILES string of the molecule is CCOC(=O)CCOC1=C(C)NC(C)=C(OCCC(=O)OCC)C1.CO. The average Bonchev–Trinajstić information content (AvgIpc) is 2.60. The van der Waals surface area contributed by atoms with Gasteiger partial charge in [0.05, 0.1) is 57.1 Å². The first-order valence-corrected chi connectivity index (χ1v) is 8.66. The second-order valence-corrected chi connectivity index (χ2v) is 5.21. The number of nitrogens with one attached hydrogen (secondary N) is 1. The molecule has 2 N–H and O–H groups in total. The summed E-state index contributed by atoms with van der Waals surface area (Å²) in [6.45, 7) is 8.57. The zero-order valence-electron chi connectivity index (χ0n) is 16.3. The number of aliphatic hydroxyl groups is 1. The summed E-state index contributed by atoms with van der Waals surface area (Å²) in [4.78, 5) is 22.7. The summed E-state index contributed by atoms with van der Waals surface area (Å²) in [6.07, 6.45) is 0.884. The van der Waals surface area contributed by atoms with Crippen LogP contribution in [0.2, 0.25) is 0 Å². The minimum Gasteiger partial charge on any atom is -0.495 e. The molecule has 0 saturated heterocycles. The van der Waals surface area contributed by atoms with E-state index in [2.05, 4.69) is 5.32 Å². The highest BCUT2D eigenvalue weighted by Crippen LogP contribution is 2.24. The summed E-state index contributed by atoms with van der Waals surface area (Å²) in [5, 5.41) is 10.2. The zero-order chi connectivity index (χ0) is 19.9. The summed E-state index contributed by atoms with van der Waals surface area (Å²) in [5.41, 5.74) is 1.77. The van der Waals surface area contributed by atoms with Crippen molar-refractivity contribution in [2.75, 3.05) is 33.5 Å². The molecule has 0 bridgehead atoms. The molecule has 0 radical (unpaired) electrons. The molecule has 8 nitrogen and oxygen atoms in total. The van der Waals surface area contributed by atoms with Gasteiger partial charge in [-0.2, -0.15) is 0 Å². The van der Waals surface area contributed by atoms with E-state index in [0.717, 1.165) is 30.0 Å². The van der Waals surface area contributed by atoms with Crippen molar-refractivity contribution >= 4 is 11.9 Å². The maximum absolute atomic E-state index is 11.3. The molecule has 1 heterocycles. The van der Waals surface area contributed by atoms with Crippen LogP contribution >= 0.6 is 0 Å². The summed E-state index contributed by atoms with van der Waals surface area (Å²) < 4.78 is 21.1. The molecule has 0 saturated carbocycles. The molecule has 0 aliphatic carbocycles. The minimum atomic E-state index is -0.280. The van der Waals surface area contributed by atoms with Crippen molar-refractivity contribution in [3.8, 4) is 0 Å². The fourth-order valence-corrected chi connectivity index (χ4v) is 2.13. The lowest BCUT2D eigenvalue weighted by molar-refractivity contribution is -0.144. The van der Waals surface area contributed by atoms with Crippen LogP contribution in [0.5, 0.6) is 0 Å². The van der Waals surface area contributed by atoms with E-state index in [0.29, 0.717) is 19.6 Å². The molecule has 0 aromatic heterocycles. The fourth-order valence-electron chi connectivity index (χ4n) is 2.13. The molecule has 0 unspecified atom stereocenters. The average molecular weight is 373 g/mol. The van der Waals surface area contributed by atoms with Gasteiger partial charge in [-0.1, -0.05) is 0 Å². The first-order chi connectivity index (χ1) is 12.5. The number of rotatable bonds is 10. The van der Waals surface area contributed by atoms with E-state index in [9.17, 15) is 9.59 Å². The molecule has 0 aromatic rings. The minimum absolute atomic E-state index is 0.201. The van der Waals surface area contributed by atoms with Crippen molar-refractivity contribution in [3.63, 3.8) is 0 Å². The van der Waals surface area contributed by atoms with E-state index < -0.39 is 0 Å². The Morgan fingerprint density at radius 2 is 1.27 bits per heavy atom. The monoisotopic (exact) mass is 373 g/mol. The third-order valence-electron chi connectivity index (χ3n) is 3.31. The highest BCUT2D eigenvalue weighted by atomic mass is 16.5. The molecule has 0 aromatic carbocycles. The maximum Gasteiger partial charge on any atom is 0.309 e. The van der Waals surface area contributed by atoms with Crippen LogP contribution in [0.3, 0.4) is 0 Å². The van der Waals surface area contributed by atoms with E-state index in [1.54, 1.807) is 13.8 Å². The van der Waals surface area contributed by atoms with Gasteiger partial charge in [0.15, 0.2) is 0 Å². The van der Waals surface area contributed by atoms with Gasteiger partial charge in [0.1, 0.15) is 11.5 Å². The summed E-state index contributed by atoms with van der Waals surface area (Å²) in [5.74, 6) is 0.876. The lowest BCUT2D eigenvalue weighted by Gasteiger charge is -2.24. The van der Waals surface area contributed by atoms with Crippen molar-refractivity contribution in [2.24, 2.45) is 0 Å². The molecule has 0 spiro atoms. The Kier molecular flexibility index (Phi) is 12.8. The molecular formula is C18H31NO7. The second kappa shape index (κ2) is 14.0. The highest BCUT2D eigenvalue weighted by Gasteiger charge is 2.19. The number of carbonyl (C=O) groups is 2. The van der Waals surface area contributed by atoms with Crippen LogP contribution in [0, 0.1) is 0 Å². The summed E-state index contributed by atoms with van der Waals surface area (Å²) in [6, 6.07) is 0. The van der Waals surface area contributed by atoms with E-state index in [1.165, 1.54) is 0 Å². The molecule has 0 fully saturated rings. The van der Waals surface area contributed by atoms with Crippen molar-refractivity contribution in [3.05, 3.63) is 22.9 Å². The lowest BCUT2D eigenvalue weighted by atomic mass is 10.1. The largest absolute Gasteiger partial charge is 0.495 e. The van der Waals surface area contributed by atoms with Crippen LogP contribution < -0.4 is 5.32 Å². The summed E-state index contributed by atoms with van der Waals surface area (Å²) in [7, 11) is 1.00. The molecule has 0 amide bonds. The Hall–Kier alpha value is -2.22. The smallest absolute Gasteiger partial charge is 0.309 e. The molecule has 1 rings (SSSR count). The van der Waals surface area contributed by atoms with Crippen molar-refractivity contribution < 1.29 is 33.6 Å². The Labute approximate surface area is 155 Å². The van der Waals surface area contributed by atoms with Gasteiger partial charge >= 0.3 is 11.9 Å². The predicted octanol–water partition coefficient (Wildman–Crippen LogP) is 1.99. The number of hydrogen-bond donors (Lipinski definition) is 2. The van der Waals surface area contributed by atoms with Crippen molar-refractivity contribution in [1.29, 1.82) is 0 Å². The molecule has 150 valence electrons. The Morgan fingerprint density at radius 1 is 0.885 bits per heavy atom. The van der Waals surface area contributed by atoms with Crippen LogP contribution in [0.25, 0.3) is 0 Å². The van der Waals surface area contributed by atoms with Gasteiger partial charge in [-0.15, -0.1) is 0 Å². The summed E-state index contributed by atoms with van der Waals surface area (Å²) >= 11 is 0. The number of carbonyl (C=O) groups excluding carboxylic acids is 2. The Morgan fingerprint density at radius 3 is 1.62 bits per heavy atom. The Bertz CT molecular complexity index is 468. The van der Waals surface area contributed by atoms with E-state index in [4.69, 9.17) is 24.1 Å². The van der Waals surface area contributed by atoms with Crippen molar-refractivity contribution in [2.45, 2.75) is 47.0 Å². The van der Waals surface area contributed by atoms with Gasteiger partial charge in [-0.25, -0.2) is 0 Å². The quantitative estimate of drug-likeness (QED) is 0.561. The van der Waals surface area contributed by atoms with Crippen molar-refractivity contribution in [1.82, 2.24) is 5.32 Å². The number of allylic oxidation sites excluding steroid dienone is 2. The molecule has 1 aliphatic rings. The maximum atomic E-state index is 11.3. The second-order valence-electron chi connectivity index (χ2n) is 5.21. The van der Waals surface area contributed by atoms with Gasteiger partial charge in [0.2, 0.25) is 0 Å². The highest BCUT2D eigenvalue weighted by molar-refractivity contribution is 5.69. The van der Waals surface area contributed by atoms with Gasteiger partial charge < -0.3 is 29.4 Å². The predicted molar refractivity (Wildman–Crippen MR) is 95.7 cm³/mol. The van der Waals surface area contributed by atoms with Crippen LogP contribution in [0.4, 0.5) is 0 Å². The third kappa shape index (κ3) is 9.31. The number of ether oxygens (including phenoxy) is 4. The normalized spacial score (nSPS) is 13.3. The first-order valence-electron chi connectivity index (χ1n) is 8.66. The molecule has 26 heavy (non-hydrogen) atoms. The van der Waals surface area contributed by atoms with E-state index in [1.807, 2.05) is 13.8 Å². The molecule has 8 heteroatoms. The molecular weight excluding hydrogens is 342 g/mol. The van der Waals surface area contributed by atoms with Crippen LogP contribution in [-0.4, -0.2) is 50.6 Å². The first kappa shape index (κ1) is 23.8. The molecule has 1 aliphatic heterocycles. The van der Waals surface area contributed by atoms with Gasteiger partial charge in [-0.3, -0.25) is 9.59 Å². The number of hydrogen-bond acceptors (Lipinski definition) is 8. The number of aliphatic hydroxyl groups excluding tert-OH is 1. The van der Waals surface area contributed by atoms with E-state index in [-0.39, 0.29) is 38.0 Å².